The molecule has 0 atom stereocenters. The zero-order valence-corrected chi connectivity index (χ0v) is 4.18. The van der Waals surface area contributed by atoms with Crippen LogP contribution in [0.25, 0.3) is 0 Å². The van der Waals surface area contributed by atoms with Crippen molar-refractivity contribution < 1.29 is 15.7 Å². The van der Waals surface area contributed by atoms with Gasteiger partial charge in [0.1, 0.15) is 0 Å². The Morgan fingerprint density at radius 1 is 1.57 bits per heavy atom. The molecule has 0 aliphatic rings. The molecule has 2 heteroatoms. The van der Waals surface area contributed by atoms with Crippen molar-refractivity contribution in [1.29, 1.82) is 0 Å². The largest absolute Gasteiger partial charge is 0.396 e. The van der Waals surface area contributed by atoms with E-state index >= 15 is 0 Å². The number of hydrogen-bond donors (Lipinski definition) is 2. The quantitative estimate of drug-likeness (QED) is 0.534. The molecule has 0 aliphatic heterocycles. The van der Waals surface area contributed by atoms with Gasteiger partial charge in [-0.2, -0.15) is 0 Å². The number of aliphatic hydroxyl groups is 2. The van der Waals surface area contributed by atoms with Gasteiger partial charge in [0.25, 0.3) is 0 Å². The Bertz CT molecular complexity index is 111. The Hall–Kier alpha value is -0.0800. The second kappa shape index (κ2) is 4.09. The zero-order chi connectivity index (χ0) is 9.28. The van der Waals surface area contributed by atoms with Gasteiger partial charge in [0, 0.05) is 19.0 Å². The van der Waals surface area contributed by atoms with Crippen molar-refractivity contribution in [3.8, 4) is 0 Å². The third kappa shape index (κ3) is 2.60. The summed E-state index contributed by atoms with van der Waals surface area (Å²) in [5, 5.41) is 17.5. The maximum Gasteiger partial charge on any atom is 0.0567 e. The van der Waals surface area contributed by atoms with Gasteiger partial charge in [0.2, 0.25) is 0 Å². The zero-order valence-electron chi connectivity index (χ0n) is 8.18. The van der Waals surface area contributed by atoms with Gasteiger partial charge < -0.3 is 10.2 Å². The minimum Gasteiger partial charge on any atom is -0.396 e. The highest BCUT2D eigenvalue weighted by Gasteiger charge is 1.98. The van der Waals surface area contributed by atoms with E-state index in [1.165, 1.54) is 6.92 Å². The molecule has 0 aliphatic carbocycles. The molecule has 0 bridgehead atoms. The molecule has 0 fully saturated rings. The minimum atomic E-state index is -2.67. The third-order valence-electron chi connectivity index (χ3n) is 0.720. The molecule has 0 saturated heterocycles. The topological polar surface area (TPSA) is 40.5 Å². The van der Waals surface area contributed by atoms with Crippen LogP contribution in [0.15, 0.2) is 0 Å². The van der Waals surface area contributed by atoms with E-state index in [9.17, 15) is 0 Å². The molecule has 0 aromatic carbocycles. The van der Waals surface area contributed by atoms with Crippen LogP contribution in [0.1, 0.15) is 18.8 Å². The lowest BCUT2D eigenvalue weighted by Crippen LogP contribution is -2.08. The molecule has 0 radical (unpaired) electrons. The monoisotopic (exact) mass is 108 g/mol. The average molecular weight is 108 g/mol. The molecule has 0 amide bonds. The maximum absolute atomic E-state index is 8.75. The van der Waals surface area contributed by atoms with Crippen molar-refractivity contribution >= 4 is 0 Å². The van der Waals surface area contributed by atoms with Crippen molar-refractivity contribution in [3.05, 3.63) is 0 Å². The average Bonchev–Trinajstić information content (AvgIpc) is 1.56. The summed E-state index contributed by atoms with van der Waals surface area (Å²) in [5.74, 6) is -1.41. The van der Waals surface area contributed by atoms with Crippen LogP contribution < -0.4 is 0 Å². The summed E-state index contributed by atoms with van der Waals surface area (Å²) >= 11 is 0. The molecule has 0 spiro atoms. The molecule has 2 N–H and O–H groups in total. The van der Waals surface area contributed by atoms with Gasteiger partial charge in [-0.05, 0) is 6.42 Å². The van der Waals surface area contributed by atoms with Crippen molar-refractivity contribution in [2.24, 2.45) is 5.92 Å². The summed E-state index contributed by atoms with van der Waals surface area (Å²) in [6.07, 6.45) is 0.0347. The van der Waals surface area contributed by atoms with Crippen molar-refractivity contribution in [2.45, 2.75) is 13.3 Å². The fourth-order valence-electron chi connectivity index (χ4n) is 0.211. The van der Waals surface area contributed by atoms with Crippen LogP contribution in [-0.4, -0.2) is 23.3 Å². The van der Waals surface area contributed by atoms with Gasteiger partial charge in [0.15, 0.2) is 0 Å². The van der Waals surface area contributed by atoms with E-state index in [1.807, 2.05) is 0 Å². The third-order valence-corrected chi connectivity index (χ3v) is 0.720. The van der Waals surface area contributed by atoms with E-state index in [2.05, 4.69) is 0 Å². The lowest BCUT2D eigenvalue weighted by molar-refractivity contribution is 0.147. The SMILES string of the molecule is [2H]C([2H])(O)C(CC)C([2H])([2H])O. The highest BCUT2D eigenvalue weighted by Crippen LogP contribution is 1.96. The fourth-order valence-corrected chi connectivity index (χ4v) is 0.211. The smallest absolute Gasteiger partial charge is 0.0567 e. The predicted octanol–water partition coefficient (Wildman–Crippen LogP) is -0.00280. The maximum atomic E-state index is 8.75. The molecule has 0 aromatic rings. The summed E-state index contributed by atoms with van der Waals surface area (Å²) < 4.78 is 27.1. The van der Waals surface area contributed by atoms with Crippen LogP contribution in [-0.2, 0) is 0 Å². The van der Waals surface area contributed by atoms with E-state index < -0.39 is 19.0 Å². The normalized spacial score (nSPS) is 22.9. The van der Waals surface area contributed by atoms with Gasteiger partial charge in [-0.1, -0.05) is 6.92 Å². The summed E-state index contributed by atoms with van der Waals surface area (Å²) in [4.78, 5) is 0. The lowest BCUT2D eigenvalue weighted by atomic mass is 10.1. The highest BCUT2D eigenvalue weighted by molar-refractivity contribution is 4.49. The summed E-state index contributed by atoms with van der Waals surface area (Å²) in [6, 6.07) is 0. The molecule has 0 unspecified atom stereocenters. The first-order valence-electron chi connectivity index (χ1n) is 4.14. The van der Waals surface area contributed by atoms with Crippen LogP contribution in [0.5, 0.6) is 0 Å². The summed E-state index contributed by atoms with van der Waals surface area (Å²) in [6.45, 7) is -3.85. The first kappa shape index (κ1) is 2.46. The number of rotatable bonds is 3. The first-order chi connectivity index (χ1) is 4.69. The number of hydrogen-bond acceptors (Lipinski definition) is 2. The van der Waals surface area contributed by atoms with Crippen LogP contribution in [0.4, 0.5) is 0 Å². The van der Waals surface area contributed by atoms with Gasteiger partial charge in [-0.25, -0.2) is 0 Å². The molecule has 7 heavy (non-hydrogen) atoms. The Morgan fingerprint density at radius 2 is 2.00 bits per heavy atom. The molecule has 0 aromatic heterocycles. The van der Waals surface area contributed by atoms with Crippen LogP contribution in [0.2, 0.25) is 0 Å². The van der Waals surface area contributed by atoms with Gasteiger partial charge >= 0.3 is 0 Å². The van der Waals surface area contributed by atoms with E-state index in [-0.39, 0.29) is 6.42 Å². The lowest BCUT2D eigenvalue weighted by Gasteiger charge is -2.03. The van der Waals surface area contributed by atoms with E-state index in [0.717, 1.165) is 0 Å². The Labute approximate surface area is 49.4 Å². The minimum absolute atomic E-state index is 0.0347. The van der Waals surface area contributed by atoms with Crippen LogP contribution in [0.3, 0.4) is 0 Å². The fraction of sp³-hybridized carbons (Fsp3) is 1.00. The molecular formula is C5H12O2. The van der Waals surface area contributed by atoms with Crippen molar-refractivity contribution in [3.63, 3.8) is 0 Å². The summed E-state index contributed by atoms with van der Waals surface area (Å²) in [5.41, 5.74) is 0. The molecule has 0 saturated carbocycles. The molecule has 0 rings (SSSR count). The predicted molar refractivity (Wildman–Crippen MR) is 28.0 cm³/mol. The van der Waals surface area contributed by atoms with Gasteiger partial charge in [-0.3, -0.25) is 0 Å². The molecular weight excluding hydrogens is 92.1 g/mol. The molecule has 2 nitrogen and oxygen atoms in total. The van der Waals surface area contributed by atoms with Crippen molar-refractivity contribution in [2.75, 3.05) is 13.1 Å². The molecule has 0 heterocycles. The first-order valence-corrected chi connectivity index (χ1v) is 2.14. The van der Waals surface area contributed by atoms with Crippen LogP contribution in [0, 0.1) is 5.92 Å². The highest BCUT2D eigenvalue weighted by atomic mass is 16.3. The second-order valence-corrected chi connectivity index (χ2v) is 1.22. The van der Waals surface area contributed by atoms with Gasteiger partial charge in [-0.15, -0.1) is 0 Å². The summed E-state index contributed by atoms with van der Waals surface area (Å²) in [7, 11) is 0. The van der Waals surface area contributed by atoms with E-state index in [4.69, 9.17) is 15.7 Å². The van der Waals surface area contributed by atoms with Crippen molar-refractivity contribution in [1.82, 2.24) is 0 Å². The Balaban J connectivity index is 4.43. The Morgan fingerprint density at radius 3 is 2.00 bits per heavy atom. The second-order valence-electron chi connectivity index (χ2n) is 1.22. The van der Waals surface area contributed by atoms with E-state index in [0.29, 0.717) is 0 Å². The van der Waals surface area contributed by atoms with Gasteiger partial charge in [0.05, 0.1) is 5.48 Å². The molecule has 44 valence electrons. The van der Waals surface area contributed by atoms with E-state index in [1.54, 1.807) is 0 Å². The standard InChI is InChI=1S/C5H12O2/c1-2-5(3-6)4-7/h5-7H,2-4H2,1H3/i3D2,4D2. The Kier molecular flexibility index (Phi) is 1.44. The van der Waals surface area contributed by atoms with Crippen LogP contribution >= 0.6 is 0 Å².